The van der Waals surface area contributed by atoms with Gasteiger partial charge in [-0.05, 0) is 43.9 Å². The first-order chi connectivity index (χ1) is 8.39. The molecular formula is C16H29N. The molecule has 3 rings (SSSR count). The summed E-state index contributed by atoms with van der Waals surface area (Å²) in [7, 11) is 0. The number of hydrogen-bond donors (Lipinski definition) is 1. The van der Waals surface area contributed by atoms with Gasteiger partial charge in [-0.3, -0.25) is 0 Å². The lowest BCUT2D eigenvalue weighted by Crippen LogP contribution is -2.56. The molecule has 0 amide bonds. The van der Waals surface area contributed by atoms with Gasteiger partial charge in [-0.25, -0.2) is 0 Å². The fourth-order valence-electron chi connectivity index (χ4n) is 4.54. The molecule has 0 heterocycles. The molecule has 0 saturated heterocycles. The zero-order valence-corrected chi connectivity index (χ0v) is 11.3. The first kappa shape index (κ1) is 12.0. The lowest BCUT2D eigenvalue weighted by Gasteiger charge is -2.53. The summed E-state index contributed by atoms with van der Waals surface area (Å²) in [5.74, 6) is 0. The molecule has 0 aliphatic heterocycles. The van der Waals surface area contributed by atoms with E-state index in [1.807, 2.05) is 0 Å². The SMILES string of the molecule is C1CCCC(NC2CCC23CCCCC3)CC1. The predicted molar refractivity (Wildman–Crippen MR) is 73.2 cm³/mol. The van der Waals surface area contributed by atoms with E-state index in [-0.39, 0.29) is 0 Å². The quantitative estimate of drug-likeness (QED) is 0.699. The van der Waals surface area contributed by atoms with Crippen molar-refractivity contribution in [2.75, 3.05) is 0 Å². The second kappa shape index (κ2) is 5.30. The monoisotopic (exact) mass is 235 g/mol. The molecule has 1 atom stereocenters. The summed E-state index contributed by atoms with van der Waals surface area (Å²) >= 11 is 0. The summed E-state index contributed by atoms with van der Waals surface area (Å²) in [6, 6.07) is 1.76. The molecule has 1 N–H and O–H groups in total. The summed E-state index contributed by atoms with van der Waals surface area (Å²) in [5.41, 5.74) is 0.755. The second-order valence-corrected chi connectivity index (χ2v) is 6.87. The molecule has 1 spiro atoms. The highest BCUT2D eigenvalue weighted by molar-refractivity contribution is 5.02. The van der Waals surface area contributed by atoms with E-state index in [1.165, 1.54) is 83.5 Å². The Hall–Kier alpha value is -0.0400. The maximum absolute atomic E-state index is 4.06. The minimum Gasteiger partial charge on any atom is -0.311 e. The lowest BCUT2D eigenvalue weighted by atomic mass is 9.57. The second-order valence-electron chi connectivity index (χ2n) is 6.87. The van der Waals surface area contributed by atoms with Gasteiger partial charge in [-0.2, -0.15) is 0 Å². The third-order valence-corrected chi connectivity index (χ3v) is 5.81. The van der Waals surface area contributed by atoms with Crippen molar-refractivity contribution in [3.63, 3.8) is 0 Å². The normalized spacial score (nSPS) is 34.2. The van der Waals surface area contributed by atoms with Crippen molar-refractivity contribution in [2.24, 2.45) is 5.41 Å². The van der Waals surface area contributed by atoms with Crippen LogP contribution in [0, 0.1) is 5.41 Å². The highest BCUT2D eigenvalue weighted by atomic mass is 15.0. The molecule has 98 valence electrons. The molecule has 1 unspecified atom stereocenters. The highest BCUT2D eigenvalue weighted by Gasteiger charge is 2.47. The van der Waals surface area contributed by atoms with Crippen molar-refractivity contribution in [1.82, 2.24) is 5.32 Å². The van der Waals surface area contributed by atoms with Crippen molar-refractivity contribution in [1.29, 1.82) is 0 Å². The van der Waals surface area contributed by atoms with Crippen LogP contribution in [-0.4, -0.2) is 12.1 Å². The lowest BCUT2D eigenvalue weighted by molar-refractivity contribution is 0.0153. The van der Waals surface area contributed by atoms with E-state index >= 15 is 0 Å². The Morgan fingerprint density at radius 2 is 1.29 bits per heavy atom. The van der Waals surface area contributed by atoms with Gasteiger partial charge in [0.15, 0.2) is 0 Å². The van der Waals surface area contributed by atoms with Crippen LogP contribution >= 0.6 is 0 Å². The fourth-order valence-corrected chi connectivity index (χ4v) is 4.54. The van der Waals surface area contributed by atoms with Crippen LogP contribution in [0.25, 0.3) is 0 Å². The van der Waals surface area contributed by atoms with Crippen LogP contribution in [0.3, 0.4) is 0 Å². The average Bonchev–Trinajstić information content (AvgIpc) is 2.64. The van der Waals surface area contributed by atoms with Gasteiger partial charge in [-0.15, -0.1) is 0 Å². The Kier molecular flexibility index (Phi) is 3.75. The molecule has 17 heavy (non-hydrogen) atoms. The van der Waals surface area contributed by atoms with Crippen LogP contribution in [0.2, 0.25) is 0 Å². The standard InChI is InChI=1S/C16H29N/c1-2-5-9-14(8-4-1)17-15-10-13-16(15)11-6-3-7-12-16/h14-15,17H,1-13H2. The maximum Gasteiger partial charge on any atom is 0.0126 e. The van der Waals surface area contributed by atoms with Gasteiger partial charge in [0, 0.05) is 12.1 Å². The molecule has 1 heteroatoms. The zero-order chi connectivity index (χ0) is 11.6. The molecule has 0 aromatic carbocycles. The van der Waals surface area contributed by atoms with E-state index in [0.717, 1.165) is 17.5 Å². The number of nitrogens with one attached hydrogen (secondary N) is 1. The summed E-state index contributed by atoms with van der Waals surface area (Å²) < 4.78 is 0. The first-order valence-electron chi connectivity index (χ1n) is 8.15. The summed E-state index contributed by atoms with van der Waals surface area (Å²) in [4.78, 5) is 0. The molecule has 1 nitrogen and oxygen atoms in total. The zero-order valence-electron chi connectivity index (χ0n) is 11.3. The van der Waals surface area contributed by atoms with Crippen LogP contribution in [-0.2, 0) is 0 Å². The van der Waals surface area contributed by atoms with Crippen molar-refractivity contribution < 1.29 is 0 Å². The van der Waals surface area contributed by atoms with Gasteiger partial charge in [0.05, 0.1) is 0 Å². The molecular weight excluding hydrogens is 206 g/mol. The molecule has 3 aliphatic rings. The van der Waals surface area contributed by atoms with Crippen LogP contribution in [0.5, 0.6) is 0 Å². The van der Waals surface area contributed by atoms with E-state index in [1.54, 1.807) is 0 Å². The third kappa shape index (κ3) is 2.54. The van der Waals surface area contributed by atoms with Crippen LogP contribution in [0.4, 0.5) is 0 Å². The first-order valence-corrected chi connectivity index (χ1v) is 8.15. The summed E-state index contributed by atoms with van der Waals surface area (Å²) in [6.07, 6.45) is 19.3. The number of hydrogen-bond acceptors (Lipinski definition) is 1. The van der Waals surface area contributed by atoms with Gasteiger partial charge < -0.3 is 5.32 Å². The van der Waals surface area contributed by atoms with Crippen molar-refractivity contribution in [3.05, 3.63) is 0 Å². The largest absolute Gasteiger partial charge is 0.311 e. The third-order valence-electron chi connectivity index (χ3n) is 5.81. The van der Waals surface area contributed by atoms with Crippen molar-refractivity contribution >= 4 is 0 Å². The van der Waals surface area contributed by atoms with Crippen LogP contribution < -0.4 is 5.32 Å². The highest BCUT2D eigenvalue weighted by Crippen LogP contribution is 2.52. The molecule has 3 saturated carbocycles. The van der Waals surface area contributed by atoms with Gasteiger partial charge in [-0.1, -0.05) is 44.9 Å². The Bertz CT molecular complexity index is 234. The summed E-state index contributed by atoms with van der Waals surface area (Å²) in [6.45, 7) is 0. The van der Waals surface area contributed by atoms with Gasteiger partial charge in [0.25, 0.3) is 0 Å². The Morgan fingerprint density at radius 3 is 1.88 bits per heavy atom. The Labute approximate surface area is 107 Å². The van der Waals surface area contributed by atoms with Gasteiger partial charge in [0.2, 0.25) is 0 Å². The minimum atomic E-state index is 0.755. The molecule has 3 aliphatic carbocycles. The summed E-state index contributed by atoms with van der Waals surface area (Å²) in [5, 5.41) is 4.06. The molecule has 0 radical (unpaired) electrons. The smallest absolute Gasteiger partial charge is 0.0126 e. The van der Waals surface area contributed by atoms with E-state index in [0.29, 0.717) is 0 Å². The van der Waals surface area contributed by atoms with E-state index < -0.39 is 0 Å². The van der Waals surface area contributed by atoms with Crippen molar-refractivity contribution in [3.8, 4) is 0 Å². The van der Waals surface area contributed by atoms with Crippen molar-refractivity contribution in [2.45, 2.75) is 95.6 Å². The van der Waals surface area contributed by atoms with Gasteiger partial charge in [0.1, 0.15) is 0 Å². The molecule has 0 bridgehead atoms. The number of rotatable bonds is 2. The van der Waals surface area contributed by atoms with Crippen LogP contribution in [0.1, 0.15) is 83.5 Å². The van der Waals surface area contributed by atoms with E-state index in [2.05, 4.69) is 5.32 Å². The molecule has 0 aromatic rings. The topological polar surface area (TPSA) is 12.0 Å². The Morgan fingerprint density at radius 1 is 0.647 bits per heavy atom. The molecule has 0 aromatic heterocycles. The van der Waals surface area contributed by atoms with E-state index in [9.17, 15) is 0 Å². The van der Waals surface area contributed by atoms with Crippen LogP contribution in [0.15, 0.2) is 0 Å². The van der Waals surface area contributed by atoms with E-state index in [4.69, 9.17) is 0 Å². The minimum absolute atomic E-state index is 0.755. The van der Waals surface area contributed by atoms with Gasteiger partial charge >= 0.3 is 0 Å². The fraction of sp³-hybridized carbons (Fsp3) is 1.00. The Balaban J connectivity index is 1.53. The average molecular weight is 235 g/mol. The maximum atomic E-state index is 4.06. The predicted octanol–water partition coefficient (Wildman–Crippen LogP) is 4.41. The molecule has 3 fully saturated rings.